The summed E-state index contributed by atoms with van der Waals surface area (Å²) in [6.45, 7) is 1.75. The third-order valence-electron chi connectivity index (χ3n) is 4.23. The first-order valence-corrected chi connectivity index (χ1v) is 9.26. The van der Waals surface area contributed by atoms with Crippen molar-refractivity contribution in [1.29, 1.82) is 5.26 Å². The molecule has 2 aromatic carbocycles. The highest BCUT2D eigenvalue weighted by molar-refractivity contribution is 6.30. The minimum absolute atomic E-state index is 0.121. The summed E-state index contributed by atoms with van der Waals surface area (Å²) in [6, 6.07) is 14.3. The van der Waals surface area contributed by atoms with Crippen LogP contribution >= 0.6 is 11.6 Å². The van der Waals surface area contributed by atoms with Crippen LogP contribution in [0.5, 0.6) is 5.75 Å². The van der Waals surface area contributed by atoms with Crippen LogP contribution in [-0.2, 0) is 9.53 Å². The molecule has 1 aliphatic heterocycles. The number of hydrogen-bond donors (Lipinski definition) is 2. The van der Waals surface area contributed by atoms with E-state index < -0.39 is 18.0 Å². The van der Waals surface area contributed by atoms with Crippen LogP contribution in [-0.4, -0.2) is 25.2 Å². The standard InChI is InChI=1S/C21H18ClN3O4/c1-2-28-20(26)18-16(12-29-17-6-4-3-5-14(17)11-23)24-21(27)25-19(18)13-7-9-15(22)10-8-13/h3-10,19H,2,12H2,1H3,(H2,24,25,27). The predicted octanol–water partition coefficient (Wildman–Crippen LogP) is 3.46. The van der Waals surface area contributed by atoms with E-state index in [0.717, 1.165) is 0 Å². The zero-order valence-corrected chi connectivity index (χ0v) is 16.3. The van der Waals surface area contributed by atoms with Gasteiger partial charge in [-0.1, -0.05) is 35.9 Å². The first-order chi connectivity index (χ1) is 14.0. The van der Waals surface area contributed by atoms with Crippen molar-refractivity contribution in [3.05, 3.63) is 76.0 Å². The van der Waals surface area contributed by atoms with Gasteiger partial charge in [0.05, 0.1) is 29.5 Å². The molecule has 0 radical (unpaired) electrons. The maximum atomic E-state index is 12.7. The first kappa shape index (κ1) is 20.2. The number of rotatable bonds is 6. The lowest BCUT2D eigenvalue weighted by atomic mass is 9.95. The van der Waals surface area contributed by atoms with Crippen LogP contribution < -0.4 is 15.4 Å². The van der Waals surface area contributed by atoms with Crippen LogP contribution in [0, 0.1) is 11.3 Å². The summed E-state index contributed by atoms with van der Waals surface area (Å²) < 4.78 is 10.9. The van der Waals surface area contributed by atoms with E-state index in [1.54, 1.807) is 55.5 Å². The molecular formula is C21H18ClN3O4. The van der Waals surface area contributed by atoms with Gasteiger partial charge in [-0.15, -0.1) is 0 Å². The zero-order chi connectivity index (χ0) is 20.8. The quantitative estimate of drug-likeness (QED) is 0.709. The molecule has 1 unspecified atom stereocenters. The van der Waals surface area contributed by atoms with Gasteiger partial charge in [0.25, 0.3) is 0 Å². The molecule has 7 nitrogen and oxygen atoms in total. The van der Waals surface area contributed by atoms with Gasteiger partial charge in [-0.25, -0.2) is 9.59 Å². The minimum atomic E-state index is -0.732. The molecule has 0 saturated carbocycles. The van der Waals surface area contributed by atoms with Crippen LogP contribution in [0.1, 0.15) is 24.1 Å². The van der Waals surface area contributed by atoms with Crippen molar-refractivity contribution < 1.29 is 19.1 Å². The summed E-state index contributed by atoms with van der Waals surface area (Å²) in [5.74, 6) is -0.228. The van der Waals surface area contributed by atoms with Gasteiger partial charge >= 0.3 is 12.0 Å². The fourth-order valence-electron chi connectivity index (χ4n) is 2.92. The van der Waals surface area contributed by atoms with E-state index in [9.17, 15) is 14.9 Å². The number of halogens is 1. The van der Waals surface area contributed by atoms with Crippen LogP contribution in [0.3, 0.4) is 0 Å². The van der Waals surface area contributed by atoms with Gasteiger partial charge in [-0.05, 0) is 36.8 Å². The molecule has 1 heterocycles. The number of nitrogens with zero attached hydrogens (tertiary/aromatic N) is 1. The number of hydrogen-bond acceptors (Lipinski definition) is 5. The minimum Gasteiger partial charge on any atom is -0.486 e. The van der Waals surface area contributed by atoms with Crippen LogP contribution in [0.25, 0.3) is 0 Å². The normalized spacial score (nSPS) is 15.8. The van der Waals surface area contributed by atoms with Gasteiger partial charge in [0.1, 0.15) is 18.4 Å². The number of esters is 1. The summed E-state index contributed by atoms with van der Waals surface area (Å²) in [5, 5.41) is 15.1. The van der Waals surface area contributed by atoms with E-state index in [-0.39, 0.29) is 24.5 Å². The number of nitriles is 1. The Morgan fingerprint density at radius 1 is 1.21 bits per heavy atom. The second-order valence-electron chi connectivity index (χ2n) is 6.09. The van der Waals surface area contributed by atoms with Crippen molar-refractivity contribution in [2.24, 2.45) is 0 Å². The highest BCUT2D eigenvalue weighted by atomic mass is 35.5. The van der Waals surface area contributed by atoms with Crippen molar-refractivity contribution >= 4 is 23.6 Å². The summed E-state index contributed by atoms with van der Waals surface area (Å²) in [6.07, 6.45) is 0. The van der Waals surface area contributed by atoms with Gasteiger partial charge in [0.15, 0.2) is 0 Å². The fraction of sp³-hybridized carbons (Fsp3) is 0.190. The molecule has 2 aromatic rings. The van der Waals surface area contributed by atoms with Crippen molar-refractivity contribution in [2.45, 2.75) is 13.0 Å². The molecule has 0 fully saturated rings. The Morgan fingerprint density at radius 3 is 2.62 bits per heavy atom. The number of carbonyl (C=O) groups is 2. The van der Waals surface area contributed by atoms with Crippen molar-refractivity contribution in [3.8, 4) is 11.8 Å². The summed E-state index contributed by atoms with van der Waals surface area (Å²) in [4.78, 5) is 24.9. The number of benzene rings is 2. The maximum Gasteiger partial charge on any atom is 0.338 e. The molecule has 2 amide bonds. The Kier molecular flexibility index (Phi) is 6.37. The smallest absolute Gasteiger partial charge is 0.338 e. The number of amides is 2. The van der Waals surface area contributed by atoms with Crippen LogP contribution in [0.2, 0.25) is 5.02 Å². The van der Waals surface area contributed by atoms with E-state index in [2.05, 4.69) is 10.6 Å². The van der Waals surface area contributed by atoms with E-state index in [0.29, 0.717) is 21.9 Å². The van der Waals surface area contributed by atoms with Gasteiger partial charge in [0.2, 0.25) is 0 Å². The molecule has 8 heteroatoms. The molecule has 0 saturated heterocycles. The average Bonchev–Trinajstić information content (AvgIpc) is 2.72. The topological polar surface area (TPSA) is 100 Å². The lowest BCUT2D eigenvalue weighted by molar-refractivity contribution is -0.139. The molecule has 1 aliphatic rings. The van der Waals surface area contributed by atoms with E-state index in [1.807, 2.05) is 6.07 Å². The molecule has 1 atom stereocenters. The molecule has 0 bridgehead atoms. The van der Waals surface area contributed by atoms with Crippen molar-refractivity contribution in [2.75, 3.05) is 13.2 Å². The third-order valence-corrected chi connectivity index (χ3v) is 4.48. The second kappa shape index (κ2) is 9.13. The van der Waals surface area contributed by atoms with Gasteiger partial charge in [-0.3, -0.25) is 0 Å². The Hall–Kier alpha value is -3.50. The van der Waals surface area contributed by atoms with Crippen LogP contribution in [0.15, 0.2) is 59.8 Å². The number of nitrogens with one attached hydrogen (secondary N) is 2. The maximum absolute atomic E-state index is 12.7. The largest absolute Gasteiger partial charge is 0.486 e. The number of carbonyl (C=O) groups excluding carboxylic acids is 2. The lowest BCUT2D eigenvalue weighted by Gasteiger charge is -2.29. The average molecular weight is 412 g/mol. The second-order valence-corrected chi connectivity index (χ2v) is 6.53. The summed E-state index contributed by atoms with van der Waals surface area (Å²) in [7, 11) is 0. The molecule has 3 rings (SSSR count). The molecule has 0 aromatic heterocycles. The highest BCUT2D eigenvalue weighted by Gasteiger charge is 2.34. The van der Waals surface area contributed by atoms with Gasteiger partial charge in [-0.2, -0.15) is 5.26 Å². The Morgan fingerprint density at radius 2 is 1.93 bits per heavy atom. The third kappa shape index (κ3) is 4.68. The highest BCUT2D eigenvalue weighted by Crippen LogP contribution is 2.29. The lowest BCUT2D eigenvalue weighted by Crippen LogP contribution is -2.47. The molecule has 2 N–H and O–H groups in total. The van der Waals surface area contributed by atoms with Crippen molar-refractivity contribution in [3.63, 3.8) is 0 Å². The molecule has 0 aliphatic carbocycles. The Labute approximate surface area is 172 Å². The SMILES string of the molecule is CCOC(=O)C1=C(COc2ccccc2C#N)NC(=O)NC1c1ccc(Cl)cc1. The first-order valence-electron chi connectivity index (χ1n) is 8.88. The van der Waals surface area contributed by atoms with Gasteiger partial charge < -0.3 is 20.1 Å². The molecule has 148 valence electrons. The monoisotopic (exact) mass is 411 g/mol. The zero-order valence-electron chi connectivity index (χ0n) is 15.6. The number of urea groups is 1. The van der Waals surface area contributed by atoms with E-state index >= 15 is 0 Å². The van der Waals surface area contributed by atoms with Crippen molar-refractivity contribution in [1.82, 2.24) is 10.6 Å². The predicted molar refractivity (Wildman–Crippen MR) is 106 cm³/mol. The fourth-order valence-corrected chi connectivity index (χ4v) is 3.05. The summed E-state index contributed by atoms with van der Waals surface area (Å²) in [5.41, 5.74) is 1.51. The summed E-state index contributed by atoms with van der Waals surface area (Å²) >= 11 is 5.95. The molecule has 29 heavy (non-hydrogen) atoms. The van der Waals surface area contributed by atoms with Gasteiger partial charge in [0, 0.05) is 5.02 Å². The Bertz CT molecular complexity index is 996. The number of para-hydroxylation sites is 1. The molecule has 0 spiro atoms. The number of ether oxygens (including phenoxy) is 2. The Balaban J connectivity index is 1.99. The van der Waals surface area contributed by atoms with E-state index in [1.165, 1.54) is 0 Å². The van der Waals surface area contributed by atoms with Crippen LogP contribution in [0.4, 0.5) is 4.79 Å². The van der Waals surface area contributed by atoms with E-state index in [4.69, 9.17) is 21.1 Å². The molecular weight excluding hydrogens is 394 g/mol.